The van der Waals surface area contributed by atoms with E-state index in [1.165, 1.54) is 0 Å². The van der Waals surface area contributed by atoms with E-state index >= 15 is 0 Å². The predicted octanol–water partition coefficient (Wildman–Crippen LogP) is 2.24. The van der Waals surface area contributed by atoms with E-state index in [1.54, 1.807) is 6.20 Å². The first kappa shape index (κ1) is 13.6. The van der Waals surface area contributed by atoms with E-state index in [4.69, 9.17) is 5.73 Å². The summed E-state index contributed by atoms with van der Waals surface area (Å²) >= 11 is 0. The normalized spacial score (nSPS) is 11.4. The number of benzene rings is 1. The molecule has 0 saturated heterocycles. The number of fused-ring (bicyclic) bond motifs is 1. The molecular weight excluding hydrogens is 262 g/mol. The van der Waals surface area contributed by atoms with Crippen molar-refractivity contribution in [3.05, 3.63) is 42.7 Å². The van der Waals surface area contributed by atoms with Crippen molar-refractivity contribution < 1.29 is 0 Å². The summed E-state index contributed by atoms with van der Waals surface area (Å²) in [4.78, 5) is 10.8. The Morgan fingerprint density at radius 2 is 2.05 bits per heavy atom. The third kappa shape index (κ3) is 2.73. The van der Waals surface area contributed by atoms with E-state index in [1.807, 2.05) is 18.3 Å². The number of pyridine rings is 1. The minimum absolute atomic E-state index is 0.565. The Morgan fingerprint density at radius 1 is 1.19 bits per heavy atom. The maximum absolute atomic E-state index is 6.05. The van der Waals surface area contributed by atoms with Crippen molar-refractivity contribution in [2.24, 2.45) is 0 Å². The molecule has 2 N–H and O–H groups in total. The summed E-state index contributed by atoms with van der Waals surface area (Å²) in [5, 5.41) is 0. The van der Waals surface area contributed by atoms with Gasteiger partial charge in [-0.25, -0.2) is 4.98 Å². The number of likely N-dealkylation sites (N-methyl/N-ethyl adjacent to an activating group) is 1. The van der Waals surface area contributed by atoms with Gasteiger partial charge in [0.15, 0.2) is 0 Å². The molecule has 0 atom stereocenters. The molecule has 0 bridgehead atoms. The van der Waals surface area contributed by atoms with Crippen LogP contribution in [-0.2, 0) is 6.54 Å². The number of hydrogen-bond donors (Lipinski definition) is 1. The summed E-state index contributed by atoms with van der Waals surface area (Å²) < 4.78 is 2.06. The molecule has 2 aromatic heterocycles. The third-order valence-electron chi connectivity index (χ3n) is 3.54. The van der Waals surface area contributed by atoms with E-state index in [0.717, 1.165) is 35.2 Å². The van der Waals surface area contributed by atoms with Gasteiger partial charge in [-0.2, -0.15) is 0 Å². The Morgan fingerprint density at radius 3 is 2.76 bits per heavy atom. The molecule has 0 spiro atoms. The lowest BCUT2D eigenvalue weighted by molar-refractivity contribution is 0.387. The molecule has 0 amide bonds. The first-order chi connectivity index (χ1) is 10.1. The van der Waals surface area contributed by atoms with Gasteiger partial charge in [0.2, 0.25) is 5.95 Å². The maximum Gasteiger partial charge on any atom is 0.201 e. The largest absolute Gasteiger partial charge is 0.369 e. The Hall–Kier alpha value is -2.40. The Labute approximate surface area is 124 Å². The number of nitrogen functional groups attached to an aromatic ring is 1. The quantitative estimate of drug-likeness (QED) is 0.796. The molecule has 0 aliphatic carbocycles. The Bertz CT molecular complexity index is 746. The highest BCUT2D eigenvalue weighted by Gasteiger charge is 2.09. The van der Waals surface area contributed by atoms with Crippen LogP contribution in [0.25, 0.3) is 22.2 Å². The first-order valence-electron chi connectivity index (χ1n) is 6.96. The maximum atomic E-state index is 6.05. The number of nitrogens with zero attached hydrogens (tertiary/aromatic N) is 4. The minimum Gasteiger partial charge on any atom is -0.369 e. The van der Waals surface area contributed by atoms with Gasteiger partial charge in [-0.1, -0.05) is 12.1 Å². The van der Waals surface area contributed by atoms with Crippen LogP contribution in [0.4, 0.5) is 5.95 Å². The fourth-order valence-electron chi connectivity index (χ4n) is 2.40. The fourth-order valence-corrected chi connectivity index (χ4v) is 2.40. The second kappa shape index (κ2) is 5.54. The van der Waals surface area contributed by atoms with Crippen LogP contribution in [0.1, 0.15) is 0 Å². The number of rotatable bonds is 4. The molecule has 0 saturated carbocycles. The molecular formula is C16H19N5. The zero-order valence-electron chi connectivity index (χ0n) is 12.3. The van der Waals surface area contributed by atoms with Crippen molar-refractivity contribution in [1.82, 2.24) is 19.4 Å². The number of nitrogens with two attached hydrogens (primary N) is 1. The van der Waals surface area contributed by atoms with Gasteiger partial charge in [0.25, 0.3) is 0 Å². The lowest BCUT2D eigenvalue weighted by atomic mass is 10.1. The summed E-state index contributed by atoms with van der Waals surface area (Å²) in [7, 11) is 4.10. The molecule has 5 heteroatoms. The average Bonchev–Trinajstić information content (AvgIpc) is 2.80. The zero-order valence-corrected chi connectivity index (χ0v) is 12.3. The van der Waals surface area contributed by atoms with Crippen LogP contribution in [0.2, 0.25) is 0 Å². The summed E-state index contributed by atoms with van der Waals surface area (Å²) in [5.74, 6) is 0.565. The van der Waals surface area contributed by atoms with Crippen LogP contribution in [-0.4, -0.2) is 40.1 Å². The zero-order chi connectivity index (χ0) is 14.8. The molecule has 21 heavy (non-hydrogen) atoms. The monoisotopic (exact) mass is 281 g/mol. The van der Waals surface area contributed by atoms with Gasteiger partial charge in [-0.3, -0.25) is 4.98 Å². The topological polar surface area (TPSA) is 60.0 Å². The van der Waals surface area contributed by atoms with Gasteiger partial charge >= 0.3 is 0 Å². The van der Waals surface area contributed by atoms with Gasteiger partial charge in [0, 0.05) is 31.0 Å². The van der Waals surface area contributed by atoms with Gasteiger partial charge in [0.1, 0.15) is 0 Å². The first-order valence-corrected chi connectivity index (χ1v) is 6.96. The molecule has 108 valence electrons. The van der Waals surface area contributed by atoms with Gasteiger partial charge in [-0.15, -0.1) is 0 Å². The SMILES string of the molecule is CN(C)CCn1c(N)nc2cc(-c3cccnc3)ccc21. The lowest BCUT2D eigenvalue weighted by Gasteiger charge is -2.11. The third-order valence-corrected chi connectivity index (χ3v) is 3.54. The molecule has 0 unspecified atom stereocenters. The van der Waals surface area contributed by atoms with E-state index < -0.39 is 0 Å². The fraction of sp³-hybridized carbons (Fsp3) is 0.250. The van der Waals surface area contributed by atoms with Crippen LogP contribution < -0.4 is 5.73 Å². The van der Waals surface area contributed by atoms with Crippen molar-refractivity contribution in [2.75, 3.05) is 26.4 Å². The van der Waals surface area contributed by atoms with Crippen LogP contribution in [0.15, 0.2) is 42.7 Å². The molecule has 3 aromatic rings. The number of hydrogen-bond acceptors (Lipinski definition) is 4. The molecule has 0 fully saturated rings. The van der Waals surface area contributed by atoms with Crippen molar-refractivity contribution in [2.45, 2.75) is 6.54 Å². The van der Waals surface area contributed by atoms with E-state index in [-0.39, 0.29) is 0 Å². The van der Waals surface area contributed by atoms with E-state index in [2.05, 4.69) is 51.7 Å². The van der Waals surface area contributed by atoms with E-state index in [0.29, 0.717) is 5.95 Å². The molecule has 0 radical (unpaired) electrons. The van der Waals surface area contributed by atoms with Gasteiger partial charge in [0.05, 0.1) is 11.0 Å². The highest BCUT2D eigenvalue weighted by atomic mass is 15.2. The molecule has 0 aliphatic rings. The van der Waals surface area contributed by atoms with Crippen LogP contribution in [0, 0.1) is 0 Å². The molecule has 2 heterocycles. The second-order valence-corrected chi connectivity index (χ2v) is 5.37. The molecule has 1 aromatic carbocycles. The highest BCUT2D eigenvalue weighted by Crippen LogP contribution is 2.25. The predicted molar refractivity (Wildman–Crippen MR) is 85.9 cm³/mol. The minimum atomic E-state index is 0.565. The van der Waals surface area contributed by atoms with Gasteiger partial charge in [-0.05, 0) is 37.9 Å². The summed E-state index contributed by atoms with van der Waals surface area (Å²) in [5.41, 5.74) is 10.2. The van der Waals surface area contributed by atoms with Crippen molar-refractivity contribution in [3.8, 4) is 11.1 Å². The lowest BCUT2D eigenvalue weighted by Crippen LogP contribution is -2.19. The summed E-state index contributed by atoms with van der Waals surface area (Å²) in [6.45, 7) is 1.77. The number of aromatic nitrogens is 3. The van der Waals surface area contributed by atoms with Crippen molar-refractivity contribution >= 4 is 17.0 Å². The summed E-state index contributed by atoms with van der Waals surface area (Å²) in [6, 6.07) is 10.2. The second-order valence-electron chi connectivity index (χ2n) is 5.37. The van der Waals surface area contributed by atoms with Crippen LogP contribution in [0.5, 0.6) is 0 Å². The van der Waals surface area contributed by atoms with Crippen LogP contribution >= 0.6 is 0 Å². The highest BCUT2D eigenvalue weighted by molar-refractivity contribution is 5.84. The smallest absolute Gasteiger partial charge is 0.201 e. The average molecular weight is 281 g/mol. The Kier molecular flexibility index (Phi) is 3.58. The molecule has 5 nitrogen and oxygen atoms in total. The van der Waals surface area contributed by atoms with Crippen molar-refractivity contribution in [1.29, 1.82) is 0 Å². The number of anilines is 1. The standard InChI is InChI=1S/C16H19N5/c1-20(2)8-9-21-15-6-5-12(10-14(15)19-16(21)17)13-4-3-7-18-11-13/h3-7,10-11H,8-9H2,1-2H3,(H2,17,19). The van der Waals surface area contributed by atoms with E-state index in [9.17, 15) is 0 Å². The Balaban J connectivity index is 2.00. The molecule has 0 aliphatic heterocycles. The van der Waals surface area contributed by atoms with Gasteiger partial charge < -0.3 is 15.2 Å². The van der Waals surface area contributed by atoms with Crippen LogP contribution in [0.3, 0.4) is 0 Å². The number of imidazole rings is 1. The molecule has 3 rings (SSSR count). The summed E-state index contributed by atoms with van der Waals surface area (Å²) in [6.07, 6.45) is 3.63. The van der Waals surface area contributed by atoms with Crippen molar-refractivity contribution in [3.63, 3.8) is 0 Å².